The number of carbonyl (C=O) groups is 2. The molecule has 1 fully saturated rings. The molecule has 8 heteroatoms. The highest BCUT2D eigenvalue weighted by Gasteiger charge is 2.37. The van der Waals surface area contributed by atoms with Gasteiger partial charge >= 0.3 is 6.09 Å². The first-order chi connectivity index (χ1) is 12.4. The number of aromatic nitrogens is 1. The van der Waals surface area contributed by atoms with E-state index in [9.17, 15) is 14.0 Å². The van der Waals surface area contributed by atoms with Crippen molar-refractivity contribution < 1.29 is 18.7 Å². The summed E-state index contributed by atoms with van der Waals surface area (Å²) in [6.45, 7) is 1.73. The Morgan fingerprint density at radius 3 is 2.85 bits per heavy atom. The molecule has 136 valence electrons. The third kappa shape index (κ3) is 3.30. The standard InChI is InChI=1S/C18H19FN4O3/c1-10(17(20)24)15-9-23(18(25)26-15)12-3-4-13(14(19)8-12)11-5-6-22-16(7-11)21-2/h3-8,10,15H,9H2,1-2H3,(H2,20,24)(H,21,22)/t10-,15?/m0/s1. The first-order valence-corrected chi connectivity index (χ1v) is 8.12. The minimum Gasteiger partial charge on any atom is -0.443 e. The average Bonchev–Trinajstić information content (AvgIpc) is 3.02. The molecule has 1 saturated heterocycles. The molecule has 0 saturated carbocycles. The molecule has 2 atom stereocenters. The zero-order valence-electron chi connectivity index (χ0n) is 14.4. The molecule has 0 aliphatic carbocycles. The van der Waals surface area contributed by atoms with Gasteiger partial charge in [0.25, 0.3) is 0 Å². The number of nitrogens with zero attached hydrogens (tertiary/aromatic N) is 2. The number of cyclic esters (lactones) is 1. The highest BCUT2D eigenvalue weighted by molar-refractivity contribution is 5.91. The van der Waals surface area contributed by atoms with Gasteiger partial charge in [0.1, 0.15) is 17.7 Å². The number of carbonyl (C=O) groups excluding carboxylic acids is 2. The lowest BCUT2D eigenvalue weighted by atomic mass is 10.0. The van der Waals surface area contributed by atoms with Crippen LogP contribution in [0.3, 0.4) is 0 Å². The van der Waals surface area contributed by atoms with Crippen molar-refractivity contribution in [2.24, 2.45) is 11.7 Å². The minimum atomic E-state index is -0.652. The van der Waals surface area contributed by atoms with Gasteiger partial charge in [0.2, 0.25) is 5.91 Å². The zero-order valence-corrected chi connectivity index (χ0v) is 14.4. The summed E-state index contributed by atoms with van der Waals surface area (Å²) in [5.41, 5.74) is 6.67. The fourth-order valence-electron chi connectivity index (χ4n) is 2.78. The normalized spacial score (nSPS) is 17.7. The maximum atomic E-state index is 14.6. The molecule has 1 aliphatic heterocycles. The third-order valence-corrected chi connectivity index (χ3v) is 4.43. The largest absolute Gasteiger partial charge is 0.443 e. The van der Waals surface area contributed by atoms with E-state index in [4.69, 9.17) is 10.5 Å². The molecule has 1 aromatic carbocycles. The van der Waals surface area contributed by atoms with Crippen molar-refractivity contribution >= 4 is 23.5 Å². The van der Waals surface area contributed by atoms with Crippen molar-refractivity contribution in [3.05, 3.63) is 42.3 Å². The van der Waals surface area contributed by atoms with Crippen LogP contribution in [0.2, 0.25) is 0 Å². The lowest BCUT2D eigenvalue weighted by molar-refractivity contribution is -0.123. The van der Waals surface area contributed by atoms with Crippen molar-refractivity contribution in [1.82, 2.24) is 4.98 Å². The number of anilines is 2. The zero-order chi connectivity index (χ0) is 18.8. The Bertz CT molecular complexity index is 858. The van der Waals surface area contributed by atoms with Gasteiger partial charge < -0.3 is 15.8 Å². The third-order valence-electron chi connectivity index (χ3n) is 4.43. The maximum absolute atomic E-state index is 14.6. The predicted octanol–water partition coefficient (Wildman–Crippen LogP) is 2.38. The van der Waals surface area contributed by atoms with Crippen LogP contribution in [0.1, 0.15) is 6.92 Å². The molecule has 1 aromatic heterocycles. The second-order valence-corrected chi connectivity index (χ2v) is 6.07. The molecule has 0 bridgehead atoms. The number of pyridine rings is 1. The van der Waals surface area contributed by atoms with Gasteiger partial charge in [-0.1, -0.05) is 0 Å². The molecule has 1 unspecified atom stereocenters. The molecule has 3 rings (SSSR count). The molecule has 26 heavy (non-hydrogen) atoms. The Labute approximate surface area is 150 Å². The maximum Gasteiger partial charge on any atom is 0.414 e. The van der Waals surface area contributed by atoms with Gasteiger partial charge in [0.05, 0.1) is 18.2 Å². The Hall–Kier alpha value is -3.16. The smallest absolute Gasteiger partial charge is 0.414 e. The summed E-state index contributed by atoms with van der Waals surface area (Å²) in [7, 11) is 1.73. The summed E-state index contributed by atoms with van der Waals surface area (Å²) in [5, 5.41) is 2.90. The van der Waals surface area contributed by atoms with E-state index < -0.39 is 29.8 Å². The number of primary amides is 1. The van der Waals surface area contributed by atoms with E-state index in [1.54, 1.807) is 44.4 Å². The van der Waals surface area contributed by atoms with Gasteiger partial charge in [0, 0.05) is 18.8 Å². The van der Waals surface area contributed by atoms with Crippen molar-refractivity contribution in [1.29, 1.82) is 0 Å². The van der Waals surface area contributed by atoms with Crippen LogP contribution < -0.4 is 16.0 Å². The first-order valence-electron chi connectivity index (χ1n) is 8.12. The molecule has 0 radical (unpaired) electrons. The van der Waals surface area contributed by atoms with E-state index in [-0.39, 0.29) is 6.54 Å². The van der Waals surface area contributed by atoms with Crippen LogP contribution in [0.5, 0.6) is 0 Å². The molecule has 3 N–H and O–H groups in total. The Morgan fingerprint density at radius 2 is 2.19 bits per heavy atom. The SMILES string of the molecule is CNc1cc(-c2ccc(N3CC([C@H](C)C(N)=O)OC3=O)cc2F)ccn1. The van der Waals surface area contributed by atoms with Crippen LogP contribution in [-0.2, 0) is 9.53 Å². The number of rotatable bonds is 5. The Balaban J connectivity index is 1.86. The number of hydrogen-bond acceptors (Lipinski definition) is 5. The van der Waals surface area contributed by atoms with Gasteiger partial charge in [0.15, 0.2) is 0 Å². The molecule has 2 heterocycles. The molecule has 7 nitrogen and oxygen atoms in total. The molecule has 1 aliphatic rings. The Morgan fingerprint density at radius 1 is 1.42 bits per heavy atom. The van der Waals surface area contributed by atoms with Crippen LogP contribution in [0.25, 0.3) is 11.1 Å². The van der Waals surface area contributed by atoms with Crippen LogP contribution in [0.15, 0.2) is 36.5 Å². The first kappa shape index (κ1) is 17.7. The molecule has 2 amide bonds. The van der Waals surface area contributed by atoms with Crippen LogP contribution in [0.4, 0.5) is 20.7 Å². The van der Waals surface area contributed by atoms with E-state index in [1.165, 1.54) is 11.0 Å². The van der Waals surface area contributed by atoms with Gasteiger partial charge in [-0.15, -0.1) is 0 Å². The quantitative estimate of drug-likeness (QED) is 0.855. The van der Waals surface area contributed by atoms with E-state index in [0.29, 0.717) is 22.6 Å². The van der Waals surface area contributed by atoms with E-state index >= 15 is 0 Å². The summed E-state index contributed by atoms with van der Waals surface area (Å²) >= 11 is 0. The fraction of sp³-hybridized carbons (Fsp3) is 0.278. The number of amides is 2. The number of benzene rings is 1. The number of nitrogens with one attached hydrogen (secondary N) is 1. The number of nitrogens with two attached hydrogens (primary N) is 1. The number of ether oxygens (including phenoxy) is 1. The second-order valence-electron chi connectivity index (χ2n) is 6.07. The summed E-state index contributed by atoms with van der Waals surface area (Å²) in [6.07, 6.45) is 0.306. The molecule has 2 aromatic rings. The second kappa shape index (κ2) is 6.99. The molecular weight excluding hydrogens is 339 g/mol. The topological polar surface area (TPSA) is 97.5 Å². The molecular formula is C18H19FN4O3. The van der Waals surface area contributed by atoms with Gasteiger partial charge in [-0.25, -0.2) is 14.2 Å². The van der Waals surface area contributed by atoms with Crippen molar-refractivity contribution in [2.45, 2.75) is 13.0 Å². The Kier molecular flexibility index (Phi) is 4.75. The summed E-state index contributed by atoms with van der Waals surface area (Å²) in [4.78, 5) is 28.8. The van der Waals surface area contributed by atoms with Crippen LogP contribution in [0, 0.1) is 11.7 Å². The van der Waals surface area contributed by atoms with Crippen LogP contribution >= 0.6 is 0 Å². The monoisotopic (exact) mass is 358 g/mol. The fourth-order valence-corrected chi connectivity index (χ4v) is 2.78. The predicted molar refractivity (Wildman–Crippen MR) is 95.2 cm³/mol. The van der Waals surface area contributed by atoms with Crippen molar-refractivity contribution in [2.75, 3.05) is 23.8 Å². The summed E-state index contributed by atoms with van der Waals surface area (Å²) in [6, 6.07) is 7.93. The van der Waals surface area contributed by atoms with Crippen LogP contribution in [-0.4, -0.2) is 36.7 Å². The van der Waals surface area contributed by atoms with Gasteiger partial charge in [-0.05, 0) is 42.8 Å². The molecule has 0 spiro atoms. The average molecular weight is 358 g/mol. The number of halogens is 1. The number of hydrogen-bond donors (Lipinski definition) is 2. The summed E-state index contributed by atoms with van der Waals surface area (Å²) in [5.74, 6) is -1.03. The lowest BCUT2D eigenvalue weighted by Gasteiger charge is -2.16. The minimum absolute atomic E-state index is 0.140. The van der Waals surface area contributed by atoms with E-state index in [2.05, 4.69) is 10.3 Å². The van der Waals surface area contributed by atoms with Gasteiger partial charge in [-0.2, -0.15) is 0 Å². The van der Waals surface area contributed by atoms with E-state index in [1.807, 2.05) is 0 Å². The highest BCUT2D eigenvalue weighted by atomic mass is 19.1. The summed E-state index contributed by atoms with van der Waals surface area (Å²) < 4.78 is 19.8. The van der Waals surface area contributed by atoms with E-state index in [0.717, 1.165) is 0 Å². The lowest BCUT2D eigenvalue weighted by Crippen LogP contribution is -2.34. The van der Waals surface area contributed by atoms with Crippen molar-refractivity contribution in [3.63, 3.8) is 0 Å². The van der Waals surface area contributed by atoms with Crippen molar-refractivity contribution in [3.8, 4) is 11.1 Å². The van der Waals surface area contributed by atoms with Gasteiger partial charge in [-0.3, -0.25) is 9.69 Å². The highest BCUT2D eigenvalue weighted by Crippen LogP contribution is 2.30.